The molecule has 0 aliphatic rings. The van der Waals surface area contributed by atoms with Gasteiger partial charge in [-0.05, 0) is 44.5 Å². The fraction of sp³-hybridized carbons (Fsp3) is 0.294. The second-order valence-corrected chi connectivity index (χ2v) is 5.60. The first kappa shape index (κ1) is 15.9. The molecule has 0 spiro atoms. The molecule has 2 heterocycles. The lowest BCUT2D eigenvalue weighted by molar-refractivity contribution is 0.102. The Kier molecular flexibility index (Phi) is 4.41. The molecule has 24 heavy (non-hydrogen) atoms. The molecule has 1 N–H and O–H groups in total. The minimum Gasteiger partial charge on any atom is -0.334 e. The van der Waals surface area contributed by atoms with Crippen LogP contribution in [0.25, 0.3) is 11.5 Å². The Morgan fingerprint density at radius 1 is 1.29 bits per heavy atom. The zero-order valence-corrected chi connectivity index (χ0v) is 13.9. The van der Waals surface area contributed by atoms with E-state index in [4.69, 9.17) is 4.52 Å². The highest BCUT2D eigenvalue weighted by Crippen LogP contribution is 2.20. The van der Waals surface area contributed by atoms with Gasteiger partial charge in [-0.15, -0.1) is 0 Å². The number of anilines is 1. The Morgan fingerprint density at radius 3 is 2.67 bits per heavy atom. The largest absolute Gasteiger partial charge is 0.334 e. The summed E-state index contributed by atoms with van der Waals surface area (Å²) in [5.74, 6) is 1.51. The average molecular weight is 325 g/mol. The van der Waals surface area contributed by atoms with Crippen LogP contribution in [0.5, 0.6) is 0 Å². The van der Waals surface area contributed by atoms with Gasteiger partial charge in [0.1, 0.15) is 5.82 Å². The molecule has 0 saturated carbocycles. The molecule has 0 radical (unpaired) electrons. The van der Waals surface area contributed by atoms with Crippen LogP contribution in [0.15, 0.2) is 41.1 Å². The van der Waals surface area contributed by atoms with Crippen LogP contribution in [0.4, 0.5) is 5.82 Å². The van der Waals surface area contributed by atoms with Crippen molar-refractivity contribution in [3.63, 3.8) is 0 Å². The Hall–Kier alpha value is -2.96. The number of aromatic nitrogens is 4. The van der Waals surface area contributed by atoms with Crippen LogP contribution in [0.2, 0.25) is 0 Å². The van der Waals surface area contributed by atoms with Crippen LogP contribution < -0.4 is 5.32 Å². The Bertz CT molecular complexity index is 835. The van der Waals surface area contributed by atoms with Crippen molar-refractivity contribution in [3.8, 4) is 11.5 Å². The van der Waals surface area contributed by atoms with E-state index in [0.29, 0.717) is 23.1 Å². The molecule has 1 aromatic carbocycles. The summed E-state index contributed by atoms with van der Waals surface area (Å²) < 4.78 is 6.93. The smallest absolute Gasteiger partial charge is 0.257 e. The zero-order chi connectivity index (χ0) is 17.1. The molecule has 7 heteroatoms. The number of amides is 1. The highest BCUT2D eigenvalue weighted by Gasteiger charge is 2.13. The minimum absolute atomic E-state index is 0.187. The lowest BCUT2D eigenvalue weighted by Crippen LogP contribution is -2.17. The lowest BCUT2D eigenvalue weighted by atomic mass is 10.1. The molecular weight excluding hydrogens is 306 g/mol. The second kappa shape index (κ2) is 6.66. The number of aryl methyl sites for hydroxylation is 1. The van der Waals surface area contributed by atoms with E-state index in [9.17, 15) is 4.79 Å². The maximum Gasteiger partial charge on any atom is 0.257 e. The molecule has 0 aliphatic heterocycles. The van der Waals surface area contributed by atoms with Gasteiger partial charge in [0.15, 0.2) is 5.82 Å². The SMILES string of the molecule is CCC(C)n1nccc1NC(=O)c1ccc(-c2nc(C)no2)cc1. The summed E-state index contributed by atoms with van der Waals surface area (Å²) in [6.45, 7) is 5.90. The van der Waals surface area contributed by atoms with Gasteiger partial charge in [-0.25, -0.2) is 4.68 Å². The van der Waals surface area contributed by atoms with Gasteiger partial charge in [0.25, 0.3) is 11.8 Å². The third-order valence-electron chi connectivity index (χ3n) is 3.84. The number of hydrogen-bond donors (Lipinski definition) is 1. The average Bonchev–Trinajstić information content (AvgIpc) is 3.23. The van der Waals surface area contributed by atoms with Crippen LogP contribution in [0, 0.1) is 6.92 Å². The van der Waals surface area contributed by atoms with Gasteiger partial charge in [0, 0.05) is 17.2 Å². The van der Waals surface area contributed by atoms with Gasteiger partial charge in [0.2, 0.25) is 0 Å². The van der Waals surface area contributed by atoms with E-state index < -0.39 is 0 Å². The van der Waals surface area contributed by atoms with Gasteiger partial charge in [-0.3, -0.25) is 4.79 Å². The number of nitrogens with zero attached hydrogens (tertiary/aromatic N) is 4. The topological polar surface area (TPSA) is 85.8 Å². The molecule has 0 aliphatic carbocycles. The molecule has 2 aromatic heterocycles. The summed E-state index contributed by atoms with van der Waals surface area (Å²) >= 11 is 0. The summed E-state index contributed by atoms with van der Waals surface area (Å²) in [6.07, 6.45) is 2.62. The van der Waals surface area contributed by atoms with E-state index in [1.165, 1.54) is 0 Å². The number of carbonyl (C=O) groups is 1. The quantitative estimate of drug-likeness (QED) is 0.776. The van der Waals surface area contributed by atoms with Crippen LogP contribution in [0.3, 0.4) is 0 Å². The molecule has 1 unspecified atom stereocenters. The first-order valence-corrected chi connectivity index (χ1v) is 7.84. The minimum atomic E-state index is -0.187. The number of rotatable bonds is 5. The molecule has 1 amide bonds. The summed E-state index contributed by atoms with van der Waals surface area (Å²) in [5, 5.41) is 10.9. The molecule has 3 aromatic rings. The van der Waals surface area contributed by atoms with Crippen molar-refractivity contribution in [3.05, 3.63) is 47.9 Å². The maximum atomic E-state index is 12.4. The van der Waals surface area contributed by atoms with Crippen LogP contribution >= 0.6 is 0 Å². The zero-order valence-electron chi connectivity index (χ0n) is 13.9. The van der Waals surface area contributed by atoms with Gasteiger partial charge < -0.3 is 9.84 Å². The molecule has 7 nitrogen and oxygen atoms in total. The number of nitrogens with one attached hydrogen (secondary N) is 1. The highest BCUT2D eigenvalue weighted by molar-refractivity contribution is 6.04. The molecule has 3 rings (SSSR count). The van der Waals surface area contributed by atoms with Gasteiger partial charge in [-0.2, -0.15) is 10.1 Å². The lowest BCUT2D eigenvalue weighted by Gasteiger charge is -2.14. The fourth-order valence-corrected chi connectivity index (χ4v) is 2.30. The summed E-state index contributed by atoms with van der Waals surface area (Å²) in [6, 6.07) is 9.04. The molecular formula is C17H19N5O2. The van der Waals surface area contributed by atoms with E-state index in [1.807, 2.05) is 4.68 Å². The van der Waals surface area contributed by atoms with E-state index in [2.05, 4.69) is 34.4 Å². The van der Waals surface area contributed by atoms with Crippen LogP contribution in [0.1, 0.15) is 42.5 Å². The van der Waals surface area contributed by atoms with Gasteiger partial charge in [0.05, 0.1) is 12.2 Å². The van der Waals surface area contributed by atoms with Crippen molar-refractivity contribution in [2.45, 2.75) is 33.2 Å². The van der Waals surface area contributed by atoms with E-state index in [-0.39, 0.29) is 11.9 Å². The van der Waals surface area contributed by atoms with Crippen LogP contribution in [-0.2, 0) is 0 Å². The summed E-state index contributed by atoms with van der Waals surface area (Å²) in [5.41, 5.74) is 1.32. The molecule has 124 valence electrons. The van der Waals surface area contributed by atoms with Gasteiger partial charge in [-0.1, -0.05) is 12.1 Å². The van der Waals surface area contributed by atoms with E-state index in [0.717, 1.165) is 12.0 Å². The number of hydrogen-bond acceptors (Lipinski definition) is 5. The van der Waals surface area contributed by atoms with Crippen molar-refractivity contribution in [2.75, 3.05) is 5.32 Å². The summed E-state index contributed by atoms with van der Waals surface area (Å²) in [7, 11) is 0. The predicted molar refractivity (Wildman–Crippen MR) is 89.7 cm³/mol. The van der Waals surface area contributed by atoms with Crippen molar-refractivity contribution in [1.29, 1.82) is 0 Å². The van der Waals surface area contributed by atoms with Gasteiger partial charge >= 0.3 is 0 Å². The van der Waals surface area contributed by atoms with Crippen molar-refractivity contribution in [1.82, 2.24) is 19.9 Å². The monoisotopic (exact) mass is 325 g/mol. The van der Waals surface area contributed by atoms with E-state index in [1.54, 1.807) is 43.5 Å². The standard InChI is InChI=1S/C17H19N5O2/c1-4-11(2)22-15(9-10-18-22)20-16(23)13-5-7-14(8-6-13)17-19-12(3)21-24-17/h5-11H,4H2,1-3H3,(H,20,23). The van der Waals surface area contributed by atoms with Crippen molar-refractivity contribution in [2.24, 2.45) is 0 Å². The predicted octanol–water partition coefficient (Wildman–Crippen LogP) is 3.46. The summed E-state index contributed by atoms with van der Waals surface area (Å²) in [4.78, 5) is 16.6. The van der Waals surface area contributed by atoms with Crippen molar-refractivity contribution < 1.29 is 9.32 Å². The Morgan fingerprint density at radius 2 is 2.04 bits per heavy atom. The fourth-order valence-electron chi connectivity index (χ4n) is 2.30. The number of benzene rings is 1. The van der Waals surface area contributed by atoms with E-state index >= 15 is 0 Å². The first-order chi connectivity index (χ1) is 11.6. The molecule has 0 bridgehead atoms. The highest BCUT2D eigenvalue weighted by atomic mass is 16.5. The number of carbonyl (C=O) groups excluding carboxylic acids is 1. The molecule has 1 atom stereocenters. The molecule has 0 fully saturated rings. The molecule has 0 saturated heterocycles. The van der Waals surface area contributed by atoms with Crippen LogP contribution in [-0.4, -0.2) is 25.8 Å². The third-order valence-corrected chi connectivity index (χ3v) is 3.84. The maximum absolute atomic E-state index is 12.4. The second-order valence-electron chi connectivity index (χ2n) is 5.60. The normalized spacial score (nSPS) is 12.1. The first-order valence-electron chi connectivity index (χ1n) is 7.84. The Balaban J connectivity index is 1.75. The van der Waals surface area contributed by atoms with Crippen molar-refractivity contribution >= 4 is 11.7 Å². The third kappa shape index (κ3) is 3.19. The Labute approximate surface area is 139 Å².